The highest BCUT2D eigenvalue weighted by Gasteiger charge is 2.32. The van der Waals surface area contributed by atoms with E-state index in [0.29, 0.717) is 61.3 Å². The molecule has 3 amide bonds. The first-order valence-corrected chi connectivity index (χ1v) is 17.0. The van der Waals surface area contributed by atoms with E-state index in [9.17, 15) is 19.5 Å². The molecule has 0 saturated carbocycles. The lowest BCUT2D eigenvalue weighted by Crippen LogP contribution is -2.38. The van der Waals surface area contributed by atoms with Crippen LogP contribution in [0.3, 0.4) is 0 Å². The Bertz CT molecular complexity index is 1290. The zero-order valence-corrected chi connectivity index (χ0v) is 30.6. The fraction of sp³-hybridized carbons (Fsp3) is 0.639. The van der Waals surface area contributed by atoms with E-state index in [2.05, 4.69) is 10.6 Å². The van der Waals surface area contributed by atoms with Gasteiger partial charge in [-0.25, -0.2) is 9.59 Å². The second kappa shape index (κ2) is 20.9. The fourth-order valence-electron chi connectivity index (χ4n) is 6.13. The van der Waals surface area contributed by atoms with Gasteiger partial charge in [0.25, 0.3) is 5.91 Å². The minimum atomic E-state index is -0.950. The number of benzene rings is 1. The van der Waals surface area contributed by atoms with Gasteiger partial charge in [0.1, 0.15) is 5.75 Å². The van der Waals surface area contributed by atoms with Gasteiger partial charge in [0.15, 0.2) is 6.10 Å². The molecule has 0 aromatic heterocycles. The van der Waals surface area contributed by atoms with Gasteiger partial charge in [-0.1, -0.05) is 32.9 Å². The van der Waals surface area contributed by atoms with Crippen LogP contribution >= 0.6 is 0 Å². The molecule has 1 aliphatic rings. The number of hydrogen-bond acceptors (Lipinski definition) is 10. The molecule has 276 valence electrons. The number of nitrogens with one attached hydrogen (secondary N) is 2. The van der Waals surface area contributed by atoms with E-state index < -0.39 is 48.6 Å². The van der Waals surface area contributed by atoms with Crippen molar-refractivity contribution in [2.24, 2.45) is 17.6 Å². The molecular formula is C36H58N4O9. The second-order valence-electron chi connectivity index (χ2n) is 12.5. The topological polar surface area (TPSA) is 171 Å². The van der Waals surface area contributed by atoms with Gasteiger partial charge in [0.2, 0.25) is 0 Å². The maximum Gasteiger partial charge on any atom is 0.415 e. The first-order valence-electron chi connectivity index (χ1n) is 17.0. The highest BCUT2D eigenvalue weighted by Crippen LogP contribution is 2.35. The van der Waals surface area contributed by atoms with Crippen LogP contribution < -0.4 is 21.1 Å². The number of allylic oxidation sites excluding steroid dienone is 1. The van der Waals surface area contributed by atoms with E-state index in [4.69, 9.17) is 29.4 Å². The van der Waals surface area contributed by atoms with E-state index >= 15 is 0 Å². The monoisotopic (exact) mass is 690 g/mol. The third-order valence-corrected chi connectivity index (χ3v) is 8.88. The molecule has 1 heterocycles. The van der Waals surface area contributed by atoms with Gasteiger partial charge in [0.05, 0.1) is 24.4 Å². The van der Waals surface area contributed by atoms with Crippen LogP contribution in [-0.4, -0.2) is 100 Å². The van der Waals surface area contributed by atoms with Crippen molar-refractivity contribution in [2.75, 3.05) is 52.8 Å². The Morgan fingerprint density at radius 1 is 1.04 bits per heavy atom. The minimum absolute atomic E-state index is 0.198. The lowest BCUT2D eigenvalue weighted by atomic mass is 9.86. The van der Waals surface area contributed by atoms with Crippen LogP contribution in [0, 0.1) is 11.8 Å². The number of aliphatic hydroxyl groups excluding tert-OH is 1. The van der Waals surface area contributed by atoms with E-state index in [1.54, 1.807) is 57.2 Å². The largest absolute Gasteiger partial charge is 0.439 e. The van der Waals surface area contributed by atoms with E-state index in [0.717, 1.165) is 6.54 Å². The van der Waals surface area contributed by atoms with Crippen LogP contribution in [0.25, 0.3) is 0 Å². The number of methoxy groups -OCH3 is 3. The SMILES string of the molecule is CCNCCN(CC)C(=O)Oc1cc2cc(c1)C(OC)[C@@H](C)C[C@H](OC)[C@H](O)[C@@H](C)/C=C(\C)[C@H](OC(N)=O)[C@@H](OC)CC/C=C(\C)C(=O)N2. The number of hydrogen-bond donors (Lipinski definition) is 4. The van der Waals surface area contributed by atoms with Crippen LogP contribution in [0.2, 0.25) is 0 Å². The summed E-state index contributed by atoms with van der Waals surface area (Å²) in [4.78, 5) is 40.0. The third-order valence-electron chi connectivity index (χ3n) is 8.88. The summed E-state index contributed by atoms with van der Waals surface area (Å²) in [6.07, 6.45) is -0.0269. The number of likely N-dealkylation sites (N-methyl/N-ethyl adjacent to an activating group) is 2. The number of carbonyl (C=O) groups is 3. The summed E-state index contributed by atoms with van der Waals surface area (Å²) >= 11 is 0. The van der Waals surface area contributed by atoms with Gasteiger partial charge in [-0.15, -0.1) is 0 Å². The Labute approximate surface area is 291 Å². The molecule has 1 aromatic rings. The molecule has 0 radical (unpaired) electrons. The summed E-state index contributed by atoms with van der Waals surface area (Å²) in [6, 6.07) is 5.14. The van der Waals surface area contributed by atoms with Gasteiger partial charge < -0.3 is 50.1 Å². The lowest BCUT2D eigenvalue weighted by molar-refractivity contribution is -0.112. The normalized spacial score (nSPS) is 28.0. The lowest BCUT2D eigenvalue weighted by Gasteiger charge is -2.32. The van der Waals surface area contributed by atoms with Crippen molar-refractivity contribution in [3.63, 3.8) is 0 Å². The number of ether oxygens (including phenoxy) is 5. The molecule has 0 fully saturated rings. The number of amides is 3. The quantitative estimate of drug-likeness (QED) is 0.195. The van der Waals surface area contributed by atoms with Crippen LogP contribution in [0.1, 0.15) is 72.5 Å². The smallest absolute Gasteiger partial charge is 0.415 e. The van der Waals surface area contributed by atoms with E-state index in [-0.39, 0.29) is 17.6 Å². The van der Waals surface area contributed by atoms with Crippen molar-refractivity contribution in [3.8, 4) is 5.75 Å². The number of rotatable bonds is 10. The Morgan fingerprint density at radius 2 is 1.73 bits per heavy atom. The van der Waals surface area contributed by atoms with E-state index in [1.807, 2.05) is 33.8 Å². The van der Waals surface area contributed by atoms with Gasteiger partial charge >= 0.3 is 12.2 Å². The molecule has 7 atom stereocenters. The van der Waals surface area contributed by atoms with Crippen molar-refractivity contribution >= 4 is 23.8 Å². The zero-order valence-electron chi connectivity index (χ0n) is 30.6. The Kier molecular flexibility index (Phi) is 17.8. The predicted molar refractivity (Wildman–Crippen MR) is 188 cm³/mol. The average Bonchev–Trinajstić information content (AvgIpc) is 3.05. The molecule has 0 saturated heterocycles. The van der Waals surface area contributed by atoms with Crippen molar-refractivity contribution in [1.82, 2.24) is 10.2 Å². The highest BCUT2D eigenvalue weighted by molar-refractivity contribution is 6.03. The number of primary amides is 1. The molecule has 1 unspecified atom stereocenters. The maximum atomic E-state index is 13.4. The third kappa shape index (κ3) is 12.7. The van der Waals surface area contributed by atoms with Gasteiger partial charge in [0, 0.05) is 64.2 Å². The summed E-state index contributed by atoms with van der Waals surface area (Å²) in [5, 5.41) is 17.6. The molecule has 13 nitrogen and oxygen atoms in total. The number of fused-ring (bicyclic) bond motifs is 2. The molecule has 5 N–H and O–H groups in total. The second-order valence-corrected chi connectivity index (χ2v) is 12.5. The number of carbonyl (C=O) groups excluding carboxylic acids is 3. The molecule has 49 heavy (non-hydrogen) atoms. The minimum Gasteiger partial charge on any atom is -0.439 e. The van der Waals surface area contributed by atoms with Crippen LogP contribution in [-0.2, 0) is 23.7 Å². The van der Waals surface area contributed by atoms with Crippen LogP contribution in [0.5, 0.6) is 5.75 Å². The van der Waals surface area contributed by atoms with Crippen LogP contribution in [0.15, 0.2) is 41.5 Å². The van der Waals surface area contributed by atoms with Crippen molar-refractivity contribution in [2.45, 2.75) is 91.3 Å². The fourth-order valence-corrected chi connectivity index (χ4v) is 6.13. The van der Waals surface area contributed by atoms with Gasteiger partial charge in [-0.05, 0) is 75.8 Å². The highest BCUT2D eigenvalue weighted by atomic mass is 16.6. The molecule has 1 aliphatic heterocycles. The van der Waals surface area contributed by atoms with Gasteiger partial charge in [-0.2, -0.15) is 0 Å². The maximum absolute atomic E-state index is 13.4. The summed E-state index contributed by atoms with van der Waals surface area (Å²) < 4.78 is 28.8. The number of nitrogens with zero attached hydrogens (tertiary/aromatic N) is 1. The Balaban J connectivity index is 2.61. The summed E-state index contributed by atoms with van der Waals surface area (Å²) in [5.74, 6) is -0.691. The van der Waals surface area contributed by atoms with E-state index in [1.165, 1.54) is 7.11 Å². The Morgan fingerprint density at radius 3 is 2.33 bits per heavy atom. The number of nitrogens with two attached hydrogens (primary N) is 1. The summed E-state index contributed by atoms with van der Waals surface area (Å²) in [7, 11) is 4.64. The van der Waals surface area contributed by atoms with Gasteiger partial charge in [-0.3, -0.25) is 4.79 Å². The molecule has 13 heteroatoms. The molecular weight excluding hydrogens is 632 g/mol. The number of anilines is 1. The Hall–Kier alpha value is -3.49. The van der Waals surface area contributed by atoms with Crippen LogP contribution in [0.4, 0.5) is 15.3 Å². The molecule has 0 aliphatic carbocycles. The number of aliphatic hydroxyl groups is 1. The van der Waals surface area contributed by atoms with Crippen molar-refractivity contribution in [1.29, 1.82) is 0 Å². The average molecular weight is 691 g/mol. The molecule has 0 spiro atoms. The first kappa shape index (κ1) is 41.7. The molecule has 2 rings (SSSR count). The summed E-state index contributed by atoms with van der Waals surface area (Å²) in [6.45, 7) is 13.6. The zero-order chi connectivity index (χ0) is 36.7. The predicted octanol–water partition coefficient (Wildman–Crippen LogP) is 4.95. The van der Waals surface area contributed by atoms with Crippen molar-refractivity contribution < 1.29 is 43.2 Å². The molecule has 2 bridgehead atoms. The summed E-state index contributed by atoms with van der Waals surface area (Å²) in [5.41, 5.74) is 7.63. The van der Waals surface area contributed by atoms with Crippen molar-refractivity contribution in [3.05, 3.63) is 47.1 Å². The molecule has 1 aromatic carbocycles. The standard InChI is InChI=1S/C36H58N4O9/c1-10-38-15-16-40(11-2)36(44)48-28-20-26-19-27(21-28)39-34(42)22(3)13-12-14-29(45-7)33(49-35(37)43)24(5)17-23(4)31(41)30(46-8)18-25(6)32(26)47-9/h13,17,19-21,23,25,29-33,38,41H,10-12,14-16,18H2,1-9H3,(H2,37,43)(H,39,42)/b22-13+,24-17+/t23-,25-,29-,30-,31+,32?,33-/m0/s1. The first-order chi connectivity index (χ1) is 23.3.